The summed E-state index contributed by atoms with van der Waals surface area (Å²) >= 11 is 0. The molecule has 0 bridgehead atoms. The first-order valence-corrected chi connectivity index (χ1v) is 10.3. The molecule has 2 aliphatic rings. The molecule has 2 N–H and O–H groups in total. The summed E-state index contributed by atoms with van der Waals surface area (Å²) in [6.07, 6.45) is 4.71. The first-order valence-electron chi connectivity index (χ1n) is 10.3. The third-order valence-electron chi connectivity index (χ3n) is 5.98. The van der Waals surface area contributed by atoms with Crippen molar-refractivity contribution in [2.45, 2.75) is 31.4 Å². The lowest BCUT2D eigenvalue weighted by atomic mass is 9.82. The molecule has 1 fully saturated rings. The maximum atomic E-state index is 12.9. The zero-order chi connectivity index (χ0) is 21.8. The van der Waals surface area contributed by atoms with Gasteiger partial charge >= 0.3 is 0 Å². The Morgan fingerprint density at radius 2 is 1.97 bits per heavy atom. The van der Waals surface area contributed by atoms with Crippen molar-refractivity contribution in [2.75, 3.05) is 20.2 Å². The van der Waals surface area contributed by atoms with Crippen LogP contribution in [-0.2, 0) is 11.3 Å². The normalized spacial score (nSPS) is 17.9. The SMILES string of the molecule is COc1ccc(CN2CCC3(CC2)CC(=O)c2cc(C=CC(=O)NO)ccc2O3)cc1. The molecule has 7 nitrogen and oxygen atoms in total. The smallest absolute Gasteiger partial charge is 0.267 e. The van der Waals surface area contributed by atoms with Gasteiger partial charge in [-0.1, -0.05) is 18.2 Å². The van der Waals surface area contributed by atoms with Crippen LogP contribution in [0.4, 0.5) is 0 Å². The fraction of sp³-hybridized carbons (Fsp3) is 0.333. The van der Waals surface area contributed by atoms with Crippen molar-refractivity contribution < 1.29 is 24.3 Å². The summed E-state index contributed by atoms with van der Waals surface area (Å²) in [5.41, 5.74) is 3.57. The van der Waals surface area contributed by atoms with Crippen molar-refractivity contribution in [2.24, 2.45) is 0 Å². The topological polar surface area (TPSA) is 88.1 Å². The number of ether oxygens (including phenoxy) is 2. The number of fused-ring (bicyclic) bond motifs is 1. The van der Waals surface area contributed by atoms with Crippen LogP contribution in [0.3, 0.4) is 0 Å². The molecule has 0 aromatic heterocycles. The summed E-state index contributed by atoms with van der Waals surface area (Å²) in [5, 5.41) is 8.58. The standard InChI is InChI=1S/C24H26N2O5/c1-30-19-6-2-18(3-7-19)16-26-12-10-24(11-13-26)15-21(27)20-14-17(4-8-22(20)31-24)5-9-23(28)25-29/h2-9,14,29H,10-13,15-16H2,1H3,(H,25,28). The van der Waals surface area contributed by atoms with Crippen molar-refractivity contribution in [3.05, 3.63) is 65.2 Å². The van der Waals surface area contributed by atoms with Gasteiger partial charge in [0.15, 0.2) is 5.78 Å². The molecule has 0 aliphatic carbocycles. The number of carbonyl (C=O) groups is 2. The molecule has 1 amide bonds. The maximum absolute atomic E-state index is 12.9. The molecule has 2 heterocycles. The van der Waals surface area contributed by atoms with Gasteiger partial charge in [-0.25, -0.2) is 5.48 Å². The number of carbonyl (C=O) groups excluding carboxylic acids is 2. The number of hydroxylamine groups is 1. The van der Waals surface area contributed by atoms with Gasteiger partial charge in [0.2, 0.25) is 0 Å². The second kappa shape index (κ2) is 8.91. The van der Waals surface area contributed by atoms with E-state index in [0.717, 1.165) is 38.2 Å². The van der Waals surface area contributed by atoms with Crippen LogP contribution in [-0.4, -0.2) is 47.6 Å². The second-order valence-corrected chi connectivity index (χ2v) is 8.07. The van der Waals surface area contributed by atoms with Gasteiger partial charge in [0, 0.05) is 38.6 Å². The quantitative estimate of drug-likeness (QED) is 0.437. The number of Topliss-reactive ketones (excluding diaryl/α,β-unsaturated/α-hetero) is 1. The minimum atomic E-state index is -0.624. The Morgan fingerprint density at radius 3 is 2.65 bits per heavy atom. The molecule has 0 unspecified atom stereocenters. The van der Waals surface area contributed by atoms with Gasteiger partial charge in [0.05, 0.1) is 19.1 Å². The molecule has 162 valence electrons. The molecule has 1 spiro atoms. The van der Waals surface area contributed by atoms with E-state index < -0.39 is 11.5 Å². The number of nitrogens with zero attached hydrogens (tertiary/aromatic N) is 1. The van der Waals surface area contributed by atoms with E-state index in [1.807, 2.05) is 12.1 Å². The van der Waals surface area contributed by atoms with Crippen LogP contribution < -0.4 is 15.0 Å². The molecule has 0 saturated carbocycles. The van der Waals surface area contributed by atoms with Crippen LogP contribution in [0.25, 0.3) is 6.08 Å². The summed E-state index contributed by atoms with van der Waals surface area (Å²) in [6, 6.07) is 13.4. The average molecular weight is 422 g/mol. The van der Waals surface area contributed by atoms with E-state index in [1.54, 1.807) is 36.9 Å². The molecule has 0 atom stereocenters. The van der Waals surface area contributed by atoms with Crippen molar-refractivity contribution in [3.8, 4) is 11.5 Å². The van der Waals surface area contributed by atoms with Gasteiger partial charge in [0.25, 0.3) is 5.91 Å². The first-order chi connectivity index (χ1) is 15.0. The highest BCUT2D eigenvalue weighted by Crippen LogP contribution is 2.40. The highest BCUT2D eigenvalue weighted by Gasteiger charge is 2.42. The van der Waals surface area contributed by atoms with Crippen LogP contribution in [0.1, 0.15) is 40.7 Å². The van der Waals surface area contributed by atoms with Gasteiger partial charge in [-0.05, 0) is 41.5 Å². The van der Waals surface area contributed by atoms with E-state index in [1.165, 1.54) is 11.6 Å². The Morgan fingerprint density at radius 1 is 1.23 bits per heavy atom. The van der Waals surface area contributed by atoms with Gasteiger partial charge < -0.3 is 9.47 Å². The zero-order valence-electron chi connectivity index (χ0n) is 17.5. The van der Waals surface area contributed by atoms with Crippen LogP contribution in [0.15, 0.2) is 48.5 Å². The maximum Gasteiger partial charge on any atom is 0.267 e. The third-order valence-corrected chi connectivity index (χ3v) is 5.98. The molecule has 4 rings (SSSR count). The van der Waals surface area contributed by atoms with Crippen molar-refractivity contribution >= 4 is 17.8 Å². The largest absolute Gasteiger partial charge is 0.497 e. The molecule has 2 aliphatic heterocycles. The number of benzene rings is 2. The number of hydrogen-bond acceptors (Lipinski definition) is 6. The lowest BCUT2D eigenvalue weighted by molar-refractivity contribution is -0.124. The van der Waals surface area contributed by atoms with Gasteiger partial charge in [-0.2, -0.15) is 0 Å². The minimum absolute atomic E-state index is 0.0618. The number of likely N-dealkylation sites (tertiary alicyclic amines) is 1. The molecule has 1 saturated heterocycles. The van der Waals surface area contributed by atoms with Crippen molar-refractivity contribution in [1.82, 2.24) is 10.4 Å². The van der Waals surface area contributed by atoms with Gasteiger partial charge in [0.1, 0.15) is 17.1 Å². The fourth-order valence-corrected chi connectivity index (χ4v) is 4.21. The van der Waals surface area contributed by atoms with E-state index >= 15 is 0 Å². The Bertz CT molecular complexity index is 992. The Kier molecular flexibility index (Phi) is 6.06. The number of nitrogens with one attached hydrogen (secondary N) is 1. The lowest BCUT2D eigenvalue weighted by Crippen LogP contribution is -2.50. The lowest BCUT2D eigenvalue weighted by Gasteiger charge is -2.44. The van der Waals surface area contributed by atoms with Crippen LogP contribution >= 0.6 is 0 Å². The molecule has 2 aromatic rings. The molecule has 2 aromatic carbocycles. The van der Waals surface area contributed by atoms with E-state index in [9.17, 15) is 9.59 Å². The van der Waals surface area contributed by atoms with E-state index in [4.69, 9.17) is 14.7 Å². The molecular weight excluding hydrogens is 396 g/mol. The summed E-state index contributed by atoms with van der Waals surface area (Å²) in [4.78, 5) is 26.4. The third kappa shape index (κ3) is 4.78. The minimum Gasteiger partial charge on any atom is -0.497 e. The van der Waals surface area contributed by atoms with Crippen LogP contribution in [0.2, 0.25) is 0 Å². The van der Waals surface area contributed by atoms with E-state index in [0.29, 0.717) is 23.3 Å². The highest BCUT2D eigenvalue weighted by molar-refractivity contribution is 6.01. The number of amides is 1. The van der Waals surface area contributed by atoms with Crippen molar-refractivity contribution in [3.63, 3.8) is 0 Å². The van der Waals surface area contributed by atoms with Crippen molar-refractivity contribution in [1.29, 1.82) is 0 Å². The molecule has 0 radical (unpaired) electrons. The number of piperidine rings is 1. The van der Waals surface area contributed by atoms with Crippen LogP contribution in [0, 0.1) is 0 Å². The zero-order valence-corrected chi connectivity index (χ0v) is 17.5. The Hall–Kier alpha value is -3.16. The predicted molar refractivity (Wildman–Crippen MR) is 115 cm³/mol. The average Bonchev–Trinajstić information content (AvgIpc) is 2.80. The van der Waals surface area contributed by atoms with Gasteiger partial charge in [-0.3, -0.25) is 19.7 Å². The first kappa shape index (κ1) is 21.1. The van der Waals surface area contributed by atoms with E-state index in [-0.39, 0.29) is 5.78 Å². The molecule has 31 heavy (non-hydrogen) atoms. The Balaban J connectivity index is 1.40. The number of hydrogen-bond donors (Lipinski definition) is 2. The fourth-order valence-electron chi connectivity index (χ4n) is 4.21. The second-order valence-electron chi connectivity index (χ2n) is 8.07. The molecular formula is C24H26N2O5. The Labute approximate surface area is 181 Å². The van der Waals surface area contributed by atoms with Crippen LogP contribution in [0.5, 0.6) is 11.5 Å². The predicted octanol–water partition coefficient (Wildman–Crippen LogP) is 3.21. The highest BCUT2D eigenvalue weighted by atomic mass is 16.5. The number of rotatable bonds is 5. The summed E-state index contributed by atoms with van der Waals surface area (Å²) in [7, 11) is 1.66. The molecule has 7 heteroatoms. The monoisotopic (exact) mass is 422 g/mol. The number of methoxy groups -OCH3 is 1. The number of ketones is 1. The van der Waals surface area contributed by atoms with Gasteiger partial charge in [-0.15, -0.1) is 0 Å². The summed E-state index contributed by atoms with van der Waals surface area (Å²) < 4.78 is 11.6. The van der Waals surface area contributed by atoms with E-state index in [2.05, 4.69) is 17.0 Å². The summed E-state index contributed by atoms with van der Waals surface area (Å²) in [6.45, 7) is 2.60. The summed E-state index contributed by atoms with van der Waals surface area (Å²) in [5.74, 6) is 0.889.